The summed E-state index contributed by atoms with van der Waals surface area (Å²) < 4.78 is 37.7. The van der Waals surface area contributed by atoms with E-state index in [2.05, 4.69) is 0 Å². The summed E-state index contributed by atoms with van der Waals surface area (Å²) in [6.45, 7) is 4.78. The van der Waals surface area contributed by atoms with E-state index in [9.17, 15) is 13.2 Å². The number of likely N-dealkylation sites (N-methyl/N-ethyl adjacent to an activating group) is 1. The number of nitrogens with two attached hydrogens (primary N) is 1. The molecular weight excluding hydrogens is 261 g/mol. The van der Waals surface area contributed by atoms with Crippen LogP contribution < -0.4 is 5.73 Å². The maximum absolute atomic E-state index is 12.6. The molecule has 0 bridgehead atoms. The van der Waals surface area contributed by atoms with E-state index in [-0.39, 0.29) is 12.1 Å². The van der Waals surface area contributed by atoms with E-state index in [1.165, 1.54) is 16.2 Å². The lowest BCUT2D eigenvalue weighted by atomic mass is 10.0. The van der Waals surface area contributed by atoms with Gasteiger partial charge in [-0.2, -0.15) is 13.2 Å². The highest BCUT2D eigenvalue weighted by atomic mass is 32.1. The second-order valence-corrected chi connectivity index (χ2v) is 5.40. The van der Waals surface area contributed by atoms with Crippen molar-refractivity contribution in [1.29, 1.82) is 0 Å². The van der Waals surface area contributed by atoms with E-state index in [4.69, 9.17) is 5.73 Å². The van der Waals surface area contributed by atoms with Crippen LogP contribution in [0.1, 0.15) is 30.3 Å². The highest BCUT2D eigenvalue weighted by Crippen LogP contribution is 2.32. The molecule has 0 aliphatic heterocycles. The molecule has 0 spiro atoms. The second kappa shape index (κ2) is 6.04. The number of hydrogen-bond acceptors (Lipinski definition) is 3. The molecule has 0 saturated heterocycles. The van der Waals surface area contributed by atoms with E-state index >= 15 is 0 Å². The predicted molar refractivity (Wildman–Crippen MR) is 68.7 cm³/mol. The molecule has 18 heavy (non-hydrogen) atoms. The fourth-order valence-corrected chi connectivity index (χ4v) is 3.24. The summed E-state index contributed by atoms with van der Waals surface area (Å²) in [6, 6.07) is 1.19. The van der Waals surface area contributed by atoms with Gasteiger partial charge in [-0.15, -0.1) is 11.3 Å². The third kappa shape index (κ3) is 3.96. The van der Waals surface area contributed by atoms with Crippen LogP contribution in [0.15, 0.2) is 11.4 Å². The third-order valence-electron chi connectivity index (χ3n) is 2.85. The first-order chi connectivity index (χ1) is 8.26. The quantitative estimate of drug-likeness (QED) is 0.896. The Morgan fingerprint density at radius 1 is 1.44 bits per heavy atom. The van der Waals surface area contributed by atoms with Crippen molar-refractivity contribution < 1.29 is 13.2 Å². The molecule has 0 aliphatic carbocycles. The van der Waals surface area contributed by atoms with Crippen LogP contribution in [0.3, 0.4) is 0 Å². The summed E-state index contributed by atoms with van der Waals surface area (Å²) in [6.07, 6.45) is -4.20. The molecule has 6 heteroatoms. The number of rotatable bonds is 5. The molecule has 0 radical (unpaired) electrons. The zero-order valence-electron chi connectivity index (χ0n) is 10.8. The summed E-state index contributed by atoms with van der Waals surface area (Å²) in [4.78, 5) is 2.32. The van der Waals surface area contributed by atoms with Crippen LogP contribution in [0.5, 0.6) is 0 Å². The minimum absolute atomic E-state index is 0.322. The second-order valence-electron chi connectivity index (χ2n) is 4.45. The van der Waals surface area contributed by atoms with Crippen molar-refractivity contribution in [3.63, 3.8) is 0 Å². The van der Waals surface area contributed by atoms with E-state index in [0.29, 0.717) is 6.54 Å². The summed E-state index contributed by atoms with van der Waals surface area (Å²) in [5.41, 5.74) is 6.89. The lowest BCUT2D eigenvalue weighted by Gasteiger charge is -2.33. The lowest BCUT2D eigenvalue weighted by Crippen LogP contribution is -2.43. The monoisotopic (exact) mass is 280 g/mol. The molecule has 1 heterocycles. The van der Waals surface area contributed by atoms with Crippen LogP contribution in [0.25, 0.3) is 0 Å². The molecule has 0 saturated carbocycles. The molecule has 1 aromatic rings. The van der Waals surface area contributed by atoms with E-state index in [0.717, 1.165) is 10.4 Å². The Hall–Kier alpha value is -0.590. The van der Waals surface area contributed by atoms with Gasteiger partial charge >= 0.3 is 6.18 Å². The smallest absolute Gasteiger partial charge is 0.326 e. The van der Waals surface area contributed by atoms with E-state index in [1.807, 2.05) is 18.4 Å². The van der Waals surface area contributed by atoms with Gasteiger partial charge in [0.2, 0.25) is 0 Å². The van der Waals surface area contributed by atoms with Gasteiger partial charge in [0.05, 0.1) is 12.6 Å². The first-order valence-electron chi connectivity index (χ1n) is 5.86. The van der Waals surface area contributed by atoms with Crippen molar-refractivity contribution in [2.24, 2.45) is 5.73 Å². The fraction of sp³-hybridized carbons (Fsp3) is 0.667. The average Bonchev–Trinajstić information content (AvgIpc) is 2.61. The highest BCUT2D eigenvalue weighted by molar-refractivity contribution is 7.10. The first kappa shape index (κ1) is 15.5. The SMILES string of the molecule is CCN(CC(F)(F)F)C(c1sccc1C)C(C)N. The first-order valence-corrected chi connectivity index (χ1v) is 6.74. The molecule has 0 fully saturated rings. The molecule has 1 rings (SSSR count). The number of nitrogens with zero attached hydrogens (tertiary/aromatic N) is 1. The van der Waals surface area contributed by atoms with Gasteiger partial charge in [0.15, 0.2) is 0 Å². The lowest BCUT2D eigenvalue weighted by molar-refractivity contribution is -0.151. The molecule has 2 atom stereocenters. The Balaban J connectivity index is 3.00. The Morgan fingerprint density at radius 3 is 2.39 bits per heavy atom. The molecule has 0 aromatic carbocycles. The van der Waals surface area contributed by atoms with Gasteiger partial charge < -0.3 is 5.73 Å². The van der Waals surface area contributed by atoms with Crippen molar-refractivity contribution in [3.8, 4) is 0 Å². The van der Waals surface area contributed by atoms with Crippen LogP contribution in [-0.2, 0) is 0 Å². The van der Waals surface area contributed by atoms with Crippen LogP contribution in [-0.4, -0.2) is 30.2 Å². The van der Waals surface area contributed by atoms with Gasteiger partial charge in [-0.1, -0.05) is 6.92 Å². The maximum atomic E-state index is 12.6. The van der Waals surface area contributed by atoms with Gasteiger partial charge in [-0.25, -0.2) is 0 Å². The molecule has 2 N–H and O–H groups in total. The van der Waals surface area contributed by atoms with Crippen molar-refractivity contribution in [1.82, 2.24) is 4.90 Å². The summed E-state index contributed by atoms with van der Waals surface area (Å²) >= 11 is 1.47. The Morgan fingerprint density at radius 2 is 2.06 bits per heavy atom. The van der Waals surface area contributed by atoms with Gasteiger partial charge in [0.25, 0.3) is 0 Å². The largest absolute Gasteiger partial charge is 0.401 e. The minimum Gasteiger partial charge on any atom is -0.326 e. The molecular formula is C12H19F3N2S. The number of hydrogen-bond donors (Lipinski definition) is 1. The molecule has 2 nitrogen and oxygen atoms in total. The summed E-state index contributed by atoms with van der Waals surface area (Å²) in [5, 5.41) is 1.89. The normalized spacial score (nSPS) is 16.0. The number of thiophene rings is 1. The fourth-order valence-electron chi connectivity index (χ4n) is 2.06. The van der Waals surface area contributed by atoms with Gasteiger partial charge in [0, 0.05) is 10.9 Å². The third-order valence-corrected chi connectivity index (χ3v) is 3.94. The number of aryl methyl sites for hydroxylation is 1. The topological polar surface area (TPSA) is 29.3 Å². The Labute approximate surface area is 110 Å². The number of alkyl halides is 3. The van der Waals surface area contributed by atoms with Gasteiger partial charge in [-0.05, 0) is 37.4 Å². The van der Waals surface area contributed by atoms with Crippen LogP contribution in [0.2, 0.25) is 0 Å². The highest BCUT2D eigenvalue weighted by Gasteiger charge is 2.35. The minimum atomic E-state index is -4.20. The zero-order valence-corrected chi connectivity index (χ0v) is 11.6. The van der Waals surface area contributed by atoms with E-state index < -0.39 is 12.7 Å². The van der Waals surface area contributed by atoms with Crippen LogP contribution in [0, 0.1) is 6.92 Å². The standard InChI is InChI=1S/C12H19F3N2S/c1-4-17(7-12(13,14)15)10(9(3)16)11-8(2)5-6-18-11/h5-6,9-10H,4,7,16H2,1-3H3. The van der Waals surface area contributed by atoms with E-state index in [1.54, 1.807) is 13.8 Å². The molecule has 1 aromatic heterocycles. The maximum Gasteiger partial charge on any atom is 0.401 e. The van der Waals surface area contributed by atoms with Gasteiger partial charge in [-0.3, -0.25) is 4.90 Å². The van der Waals surface area contributed by atoms with Crippen molar-refractivity contribution in [2.45, 2.75) is 39.0 Å². The average molecular weight is 280 g/mol. The predicted octanol–water partition coefficient (Wildman–Crippen LogP) is 3.33. The molecule has 2 unspecified atom stereocenters. The van der Waals surface area contributed by atoms with Crippen molar-refractivity contribution in [2.75, 3.05) is 13.1 Å². The van der Waals surface area contributed by atoms with Crippen LogP contribution in [0.4, 0.5) is 13.2 Å². The van der Waals surface area contributed by atoms with Crippen LogP contribution >= 0.6 is 11.3 Å². The number of halogens is 3. The zero-order chi connectivity index (χ0) is 13.9. The summed E-state index contributed by atoms with van der Waals surface area (Å²) in [5.74, 6) is 0. The Bertz CT molecular complexity index is 374. The van der Waals surface area contributed by atoms with Gasteiger partial charge in [0.1, 0.15) is 0 Å². The van der Waals surface area contributed by atoms with Crippen molar-refractivity contribution >= 4 is 11.3 Å². The summed E-state index contributed by atoms with van der Waals surface area (Å²) in [7, 11) is 0. The Kier molecular flexibility index (Phi) is 5.19. The molecule has 0 amide bonds. The molecule has 0 aliphatic rings. The molecule has 104 valence electrons. The van der Waals surface area contributed by atoms with Crippen molar-refractivity contribution in [3.05, 3.63) is 21.9 Å².